The molecular formula is C20H21N5O. The fourth-order valence-corrected chi connectivity index (χ4v) is 3.24. The third kappa shape index (κ3) is 3.35. The second-order valence-corrected chi connectivity index (χ2v) is 6.63. The Morgan fingerprint density at radius 1 is 1.12 bits per heavy atom. The summed E-state index contributed by atoms with van der Waals surface area (Å²) in [5, 5.41) is 11.7. The van der Waals surface area contributed by atoms with Crippen LogP contribution in [0, 0.1) is 6.92 Å². The average Bonchev–Trinajstić information content (AvgIpc) is 2.91. The SMILES string of the molecule is Cc1ccc(C(=O)Nc2cccc(-c3nnc4n3CCCCC4)c2)cn1. The molecule has 3 heterocycles. The van der Waals surface area contributed by atoms with Gasteiger partial charge in [0.1, 0.15) is 5.82 Å². The number of rotatable bonds is 3. The van der Waals surface area contributed by atoms with Gasteiger partial charge in [0.2, 0.25) is 0 Å². The highest BCUT2D eigenvalue weighted by Crippen LogP contribution is 2.25. The standard InChI is InChI=1S/C20H21N5O/c1-14-9-10-16(13-21-14)20(26)22-17-7-5-6-15(12-17)19-24-23-18-8-3-2-4-11-25(18)19/h5-7,9-10,12-13H,2-4,8,11H2,1H3,(H,22,26). The molecule has 2 aromatic heterocycles. The highest BCUT2D eigenvalue weighted by atomic mass is 16.1. The molecule has 0 radical (unpaired) electrons. The fraction of sp³-hybridized carbons (Fsp3) is 0.300. The van der Waals surface area contributed by atoms with E-state index < -0.39 is 0 Å². The molecule has 0 unspecified atom stereocenters. The molecule has 0 atom stereocenters. The van der Waals surface area contributed by atoms with E-state index in [9.17, 15) is 4.79 Å². The zero-order valence-corrected chi connectivity index (χ0v) is 14.8. The molecule has 26 heavy (non-hydrogen) atoms. The Morgan fingerprint density at radius 3 is 2.88 bits per heavy atom. The van der Waals surface area contributed by atoms with E-state index in [2.05, 4.69) is 25.1 Å². The number of carbonyl (C=O) groups is 1. The Labute approximate surface area is 152 Å². The van der Waals surface area contributed by atoms with Gasteiger partial charge in [-0.1, -0.05) is 18.6 Å². The van der Waals surface area contributed by atoms with E-state index in [-0.39, 0.29) is 5.91 Å². The van der Waals surface area contributed by atoms with Crippen LogP contribution in [0.4, 0.5) is 5.69 Å². The molecular weight excluding hydrogens is 326 g/mol. The number of aryl methyl sites for hydroxylation is 2. The predicted molar refractivity (Wildman–Crippen MR) is 99.9 cm³/mol. The van der Waals surface area contributed by atoms with Crippen LogP contribution in [-0.2, 0) is 13.0 Å². The Balaban J connectivity index is 1.58. The molecule has 0 bridgehead atoms. The summed E-state index contributed by atoms with van der Waals surface area (Å²) in [7, 11) is 0. The Hall–Kier alpha value is -3.02. The molecule has 3 aromatic rings. The second-order valence-electron chi connectivity index (χ2n) is 6.63. The lowest BCUT2D eigenvalue weighted by Gasteiger charge is -2.09. The fourth-order valence-electron chi connectivity index (χ4n) is 3.24. The molecule has 1 N–H and O–H groups in total. The van der Waals surface area contributed by atoms with Gasteiger partial charge in [-0.2, -0.15) is 0 Å². The number of nitrogens with zero attached hydrogens (tertiary/aromatic N) is 4. The molecule has 1 amide bonds. The number of carbonyl (C=O) groups excluding carboxylic acids is 1. The average molecular weight is 347 g/mol. The van der Waals surface area contributed by atoms with Crippen LogP contribution in [0.3, 0.4) is 0 Å². The number of aromatic nitrogens is 4. The molecule has 4 rings (SSSR count). The lowest BCUT2D eigenvalue weighted by atomic mass is 10.1. The normalized spacial score (nSPS) is 13.7. The van der Waals surface area contributed by atoms with E-state index in [0.29, 0.717) is 5.56 Å². The van der Waals surface area contributed by atoms with Crippen LogP contribution >= 0.6 is 0 Å². The van der Waals surface area contributed by atoms with Crippen LogP contribution in [0.1, 0.15) is 41.1 Å². The summed E-state index contributed by atoms with van der Waals surface area (Å²) in [6, 6.07) is 11.4. The maximum absolute atomic E-state index is 12.4. The number of fused-ring (bicyclic) bond motifs is 1. The van der Waals surface area contributed by atoms with Gasteiger partial charge in [0.25, 0.3) is 5.91 Å². The molecule has 0 saturated heterocycles. The van der Waals surface area contributed by atoms with Gasteiger partial charge >= 0.3 is 0 Å². The van der Waals surface area contributed by atoms with Crippen LogP contribution in [0.15, 0.2) is 42.6 Å². The van der Waals surface area contributed by atoms with E-state index in [1.807, 2.05) is 37.3 Å². The van der Waals surface area contributed by atoms with Crippen molar-refractivity contribution in [2.75, 3.05) is 5.32 Å². The van der Waals surface area contributed by atoms with Crippen molar-refractivity contribution in [2.24, 2.45) is 0 Å². The molecule has 0 aliphatic carbocycles. The van der Waals surface area contributed by atoms with Gasteiger partial charge in [-0.15, -0.1) is 10.2 Å². The van der Waals surface area contributed by atoms with Crippen molar-refractivity contribution < 1.29 is 4.79 Å². The molecule has 0 spiro atoms. The lowest BCUT2D eigenvalue weighted by molar-refractivity contribution is 0.102. The molecule has 1 aliphatic rings. The van der Waals surface area contributed by atoms with Crippen LogP contribution in [-0.4, -0.2) is 25.7 Å². The maximum Gasteiger partial charge on any atom is 0.257 e. The van der Waals surface area contributed by atoms with E-state index in [0.717, 1.165) is 48.0 Å². The van der Waals surface area contributed by atoms with Crippen molar-refractivity contribution in [3.8, 4) is 11.4 Å². The smallest absolute Gasteiger partial charge is 0.257 e. The minimum atomic E-state index is -0.172. The zero-order valence-electron chi connectivity index (χ0n) is 14.8. The first-order valence-corrected chi connectivity index (χ1v) is 8.97. The first kappa shape index (κ1) is 16.4. The van der Waals surface area contributed by atoms with Crippen molar-refractivity contribution in [1.29, 1.82) is 0 Å². The maximum atomic E-state index is 12.4. The lowest BCUT2D eigenvalue weighted by Crippen LogP contribution is -2.12. The van der Waals surface area contributed by atoms with Gasteiger partial charge < -0.3 is 9.88 Å². The summed E-state index contributed by atoms with van der Waals surface area (Å²) in [6.45, 7) is 2.84. The molecule has 6 heteroatoms. The number of anilines is 1. The summed E-state index contributed by atoms with van der Waals surface area (Å²) >= 11 is 0. The van der Waals surface area contributed by atoms with Gasteiger partial charge in [-0.25, -0.2) is 0 Å². The van der Waals surface area contributed by atoms with Crippen molar-refractivity contribution in [2.45, 2.75) is 39.2 Å². The Kier molecular flexibility index (Phi) is 4.48. The van der Waals surface area contributed by atoms with Crippen LogP contribution < -0.4 is 5.32 Å². The van der Waals surface area contributed by atoms with Gasteiger partial charge in [-0.05, 0) is 44.0 Å². The number of nitrogens with one attached hydrogen (secondary N) is 1. The molecule has 132 valence electrons. The number of pyridine rings is 1. The van der Waals surface area contributed by atoms with E-state index >= 15 is 0 Å². The van der Waals surface area contributed by atoms with Gasteiger partial charge in [0.05, 0.1) is 5.56 Å². The largest absolute Gasteiger partial charge is 0.322 e. The quantitative estimate of drug-likeness (QED) is 0.785. The van der Waals surface area contributed by atoms with Crippen molar-refractivity contribution >= 4 is 11.6 Å². The zero-order chi connectivity index (χ0) is 17.9. The number of benzene rings is 1. The number of hydrogen-bond donors (Lipinski definition) is 1. The van der Waals surface area contributed by atoms with Gasteiger partial charge in [0.15, 0.2) is 5.82 Å². The Morgan fingerprint density at radius 2 is 2.04 bits per heavy atom. The summed E-state index contributed by atoms with van der Waals surface area (Å²) in [4.78, 5) is 16.6. The van der Waals surface area contributed by atoms with Crippen molar-refractivity contribution in [3.63, 3.8) is 0 Å². The van der Waals surface area contributed by atoms with E-state index in [1.165, 1.54) is 12.8 Å². The molecule has 6 nitrogen and oxygen atoms in total. The van der Waals surface area contributed by atoms with E-state index in [4.69, 9.17) is 0 Å². The van der Waals surface area contributed by atoms with Crippen LogP contribution in [0.25, 0.3) is 11.4 Å². The topological polar surface area (TPSA) is 72.7 Å². The number of amides is 1. The highest BCUT2D eigenvalue weighted by Gasteiger charge is 2.16. The number of hydrogen-bond acceptors (Lipinski definition) is 4. The molecule has 0 fully saturated rings. The molecule has 1 aromatic carbocycles. The van der Waals surface area contributed by atoms with Crippen LogP contribution in [0.2, 0.25) is 0 Å². The molecule has 1 aliphatic heterocycles. The first-order valence-electron chi connectivity index (χ1n) is 8.97. The monoisotopic (exact) mass is 347 g/mol. The third-order valence-corrected chi connectivity index (χ3v) is 4.66. The summed E-state index contributed by atoms with van der Waals surface area (Å²) in [5.41, 5.74) is 3.12. The van der Waals surface area contributed by atoms with Crippen molar-refractivity contribution in [1.82, 2.24) is 19.7 Å². The van der Waals surface area contributed by atoms with Gasteiger partial charge in [0, 0.05) is 36.1 Å². The summed E-state index contributed by atoms with van der Waals surface area (Å²) in [5.74, 6) is 1.75. The first-order chi connectivity index (χ1) is 12.7. The second kappa shape index (κ2) is 7.07. The third-order valence-electron chi connectivity index (χ3n) is 4.66. The highest BCUT2D eigenvalue weighted by molar-refractivity contribution is 6.04. The van der Waals surface area contributed by atoms with Gasteiger partial charge in [-0.3, -0.25) is 9.78 Å². The summed E-state index contributed by atoms with van der Waals surface area (Å²) in [6.07, 6.45) is 6.11. The predicted octanol–water partition coefficient (Wildman–Crippen LogP) is 3.63. The van der Waals surface area contributed by atoms with Crippen LogP contribution in [0.5, 0.6) is 0 Å². The molecule has 0 saturated carbocycles. The minimum Gasteiger partial charge on any atom is -0.322 e. The van der Waals surface area contributed by atoms with Crippen molar-refractivity contribution in [3.05, 3.63) is 59.7 Å². The summed E-state index contributed by atoms with van der Waals surface area (Å²) < 4.78 is 2.21. The Bertz CT molecular complexity index is 930. The minimum absolute atomic E-state index is 0.172. The van der Waals surface area contributed by atoms with E-state index in [1.54, 1.807) is 12.3 Å².